The van der Waals surface area contributed by atoms with Crippen LogP contribution in [0.15, 0.2) is 60.7 Å². The van der Waals surface area contributed by atoms with E-state index in [9.17, 15) is 14.4 Å². The lowest BCUT2D eigenvalue weighted by molar-refractivity contribution is -0.135. The van der Waals surface area contributed by atoms with Crippen LogP contribution in [0.3, 0.4) is 0 Å². The summed E-state index contributed by atoms with van der Waals surface area (Å²) >= 11 is 0. The third-order valence-corrected chi connectivity index (χ3v) is 5.17. The van der Waals surface area contributed by atoms with E-state index in [1.165, 1.54) is 0 Å². The Morgan fingerprint density at radius 1 is 1.03 bits per heavy atom. The van der Waals surface area contributed by atoms with E-state index in [1.54, 1.807) is 19.1 Å². The average Bonchev–Trinajstić information content (AvgIpc) is 2.92. The van der Waals surface area contributed by atoms with E-state index in [-0.39, 0.29) is 18.5 Å². The standard InChI is InChI=1S/C23H27N3O3/c1-16(2)14-19(17-10-6-4-7-11-17)24-20(27)15-26-21(28)23(3,25-22(26)29)18-12-8-5-9-13-18/h4-13,16,19H,14-15H2,1-3H3,(H,24,27)(H,25,29)/t19-,23+/m0/s1. The highest BCUT2D eigenvalue weighted by molar-refractivity contribution is 6.09. The molecule has 1 aliphatic heterocycles. The Balaban J connectivity index is 1.72. The number of hydrogen-bond acceptors (Lipinski definition) is 3. The number of amides is 4. The average molecular weight is 393 g/mol. The predicted octanol–water partition coefficient (Wildman–Crippen LogP) is 3.36. The number of carbonyl (C=O) groups excluding carboxylic acids is 3. The Hall–Kier alpha value is -3.15. The molecule has 2 atom stereocenters. The maximum absolute atomic E-state index is 13.0. The molecule has 1 fully saturated rings. The number of urea groups is 1. The Kier molecular flexibility index (Phi) is 6.01. The van der Waals surface area contributed by atoms with Gasteiger partial charge in [-0.1, -0.05) is 74.5 Å². The van der Waals surface area contributed by atoms with Gasteiger partial charge in [-0.05, 0) is 30.4 Å². The largest absolute Gasteiger partial charge is 0.348 e. The summed E-state index contributed by atoms with van der Waals surface area (Å²) < 4.78 is 0. The Morgan fingerprint density at radius 3 is 2.21 bits per heavy atom. The van der Waals surface area contributed by atoms with Gasteiger partial charge in [0.05, 0.1) is 6.04 Å². The van der Waals surface area contributed by atoms with Crippen LogP contribution in [-0.4, -0.2) is 29.3 Å². The third kappa shape index (κ3) is 4.47. The summed E-state index contributed by atoms with van der Waals surface area (Å²) in [7, 11) is 0. The fourth-order valence-corrected chi connectivity index (χ4v) is 3.63. The lowest BCUT2D eigenvalue weighted by Crippen LogP contribution is -2.44. The van der Waals surface area contributed by atoms with E-state index >= 15 is 0 Å². The van der Waals surface area contributed by atoms with Gasteiger partial charge in [-0.15, -0.1) is 0 Å². The number of imide groups is 1. The van der Waals surface area contributed by atoms with Crippen LogP contribution >= 0.6 is 0 Å². The molecule has 3 rings (SSSR count). The van der Waals surface area contributed by atoms with Crippen molar-refractivity contribution in [2.75, 3.05) is 6.54 Å². The van der Waals surface area contributed by atoms with E-state index in [2.05, 4.69) is 24.5 Å². The monoisotopic (exact) mass is 393 g/mol. The number of nitrogens with zero attached hydrogens (tertiary/aromatic N) is 1. The molecule has 6 nitrogen and oxygen atoms in total. The van der Waals surface area contributed by atoms with Gasteiger partial charge >= 0.3 is 6.03 Å². The molecule has 0 unspecified atom stereocenters. The van der Waals surface area contributed by atoms with E-state index in [1.807, 2.05) is 48.5 Å². The molecular formula is C23H27N3O3. The molecule has 2 N–H and O–H groups in total. The van der Waals surface area contributed by atoms with Gasteiger partial charge in [-0.25, -0.2) is 4.79 Å². The molecule has 4 amide bonds. The van der Waals surface area contributed by atoms with Crippen molar-refractivity contribution in [2.24, 2.45) is 5.92 Å². The van der Waals surface area contributed by atoms with Crippen molar-refractivity contribution in [1.29, 1.82) is 0 Å². The van der Waals surface area contributed by atoms with Crippen LogP contribution in [0.1, 0.15) is 44.4 Å². The van der Waals surface area contributed by atoms with Crippen molar-refractivity contribution in [3.63, 3.8) is 0 Å². The molecule has 2 aromatic rings. The van der Waals surface area contributed by atoms with Gasteiger partial charge in [0.2, 0.25) is 5.91 Å². The van der Waals surface area contributed by atoms with Crippen LogP contribution in [-0.2, 0) is 15.1 Å². The molecule has 152 valence electrons. The van der Waals surface area contributed by atoms with Crippen molar-refractivity contribution in [1.82, 2.24) is 15.5 Å². The summed E-state index contributed by atoms with van der Waals surface area (Å²) in [5.74, 6) is -0.414. The molecule has 0 bridgehead atoms. The Morgan fingerprint density at radius 2 is 1.62 bits per heavy atom. The zero-order chi connectivity index (χ0) is 21.0. The number of nitrogens with one attached hydrogen (secondary N) is 2. The molecule has 1 heterocycles. The minimum Gasteiger partial charge on any atom is -0.348 e. The zero-order valence-corrected chi connectivity index (χ0v) is 17.0. The lowest BCUT2D eigenvalue weighted by Gasteiger charge is -2.23. The predicted molar refractivity (Wildman–Crippen MR) is 111 cm³/mol. The van der Waals surface area contributed by atoms with Crippen molar-refractivity contribution >= 4 is 17.8 Å². The lowest BCUT2D eigenvalue weighted by atomic mass is 9.92. The van der Waals surface area contributed by atoms with Crippen molar-refractivity contribution in [3.8, 4) is 0 Å². The number of benzene rings is 2. The summed E-state index contributed by atoms with van der Waals surface area (Å²) in [6.45, 7) is 5.52. The summed E-state index contributed by atoms with van der Waals surface area (Å²) in [6.07, 6.45) is 0.762. The van der Waals surface area contributed by atoms with E-state index in [0.29, 0.717) is 11.5 Å². The fourth-order valence-electron chi connectivity index (χ4n) is 3.63. The summed E-state index contributed by atoms with van der Waals surface area (Å²) in [5.41, 5.74) is 0.513. The van der Waals surface area contributed by atoms with Gasteiger partial charge in [0.1, 0.15) is 12.1 Å². The highest BCUT2D eigenvalue weighted by Crippen LogP contribution is 2.28. The van der Waals surface area contributed by atoms with Crippen molar-refractivity contribution in [3.05, 3.63) is 71.8 Å². The molecule has 2 aromatic carbocycles. The number of hydrogen-bond donors (Lipinski definition) is 2. The molecule has 1 aliphatic rings. The first-order chi connectivity index (χ1) is 13.8. The van der Waals surface area contributed by atoms with Gasteiger partial charge in [0.25, 0.3) is 5.91 Å². The SMILES string of the molecule is CC(C)C[C@H](NC(=O)CN1C(=O)N[C@](C)(c2ccccc2)C1=O)c1ccccc1. The first kappa shape index (κ1) is 20.6. The van der Waals surface area contributed by atoms with Crippen LogP contribution in [0.4, 0.5) is 4.79 Å². The van der Waals surface area contributed by atoms with Gasteiger partial charge < -0.3 is 10.6 Å². The van der Waals surface area contributed by atoms with Crippen LogP contribution in [0.25, 0.3) is 0 Å². The van der Waals surface area contributed by atoms with Crippen LogP contribution < -0.4 is 10.6 Å². The van der Waals surface area contributed by atoms with Crippen molar-refractivity contribution < 1.29 is 14.4 Å². The second kappa shape index (κ2) is 8.47. The number of carbonyl (C=O) groups is 3. The normalized spacial score (nSPS) is 19.9. The molecule has 1 saturated heterocycles. The van der Waals surface area contributed by atoms with Crippen LogP contribution in [0.2, 0.25) is 0 Å². The molecule has 0 aromatic heterocycles. The van der Waals surface area contributed by atoms with Gasteiger partial charge in [-0.2, -0.15) is 0 Å². The second-order valence-corrected chi connectivity index (χ2v) is 7.97. The molecular weight excluding hydrogens is 366 g/mol. The van der Waals surface area contributed by atoms with Crippen LogP contribution in [0, 0.1) is 5.92 Å². The molecule has 0 saturated carbocycles. The maximum atomic E-state index is 13.0. The highest BCUT2D eigenvalue weighted by atomic mass is 16.2. The molecule has 0 radical (unpaired) electrons. The smallest absolute Gasteiger partial charge is 0.325 e. The topological polar surface area (TPSA) is 78.5 Å². The summed E-state index contributed by atoms with van der Waals surface area (Å²) in [6, 6.07) is 18.0. The maximum Gasteiger partial charge on any atom is 0.325 e. The minimum absolute atomic E-state index is 0.176. The first-order valence-electron chi connectivity index (χ1n) is 9.85. The van der Waals surface area contributed by atoms with Crippen LogP contribution in [0.5, 0.6) is 0 Å². The molecule has 0 aliphatic carbocycles. The van der Waals surface area contributed by atoms with Gasteiger partial charge in [0, 0.05) is 0 Å². The molecule has 0 spiro atoms. The highest BCUT2D eigenvalue weighted by Gasteiger charge is 2.49. The van der Waals surface area contributed by atoms with Gasteiger partial charge in [0.15, 0.2) is 0 Å². The van der Waals surface area contributed by atoms with E-state index < -0.39 is 17.5 Å². The van der Waals surface area contributed by atoms with Gasteiger partial charge in [-0.3, -0.25) is 14.5 Å². The number of rotatable bonds is 7. The second-order valence-electron chi connectivity index (χ2n) is 7.97. The quantitative estimate of drug-likeness (QED) is 0.708. The summed E-state index contributed by atoms with van der Waals surface area (Å²) in [4.78, 5) is 39.1. The fraction of sp³-hybridized carbons (Fsp3) is 0.348. The molecule has 29 heavy (non-hydrogen) atoms. The van der Waals surface area contributed by atoms with E-state index in [4.69, 9.17) is 0 Å². The first-order valence-corrected chi connectivity index (χ1v) is 9.85. The Labute approximate surface area is 171 Å². The zero-order valence-electron chi connectivity index (χ0n) is 17.0. The molecule has 6 heteroatoms. The third-order valence-electron chi connectivity index (χ3n) is 5.17. The van der Waals surface area contributed by atoms with E-state index in [0.717, 1.165) is 16.9 Å². The Bertz CT molecular complexity index is 883. The van der Waals surface area contributed by atoms with Crippen molar-refractivity contribution in [2.45, 2.75) is 38.8 Å². The summed E-state index contributed by atoms with van der Waals surface area (Å²) in [5, 5.41) is 5.71. The minimum atomic E-state index is -1.17.